The van der Waals surface area contributed by atoms with Gasteiger partial charge in [-0.1, -0.05) is 13.8 Å². The van der Waals surface area contributed by atoms with Crippen LogP contribution in [0.25, 0.3) is 0 Å². The monoisotopic (exact) mass is 627 g/mol. The topological polar surface area (TPSA) is 136 Å². The van der Waals surface area contributed by atoms with E-state index in [0.29, 0.717) is 12.0 Å². The molecule has 3 aliphatic rings. The van der Waals surface area contributed by atoms with Crippen LogP contribution in [0.4, 0.5) is 8.78 Å². The van der Waals surface area contributed by atoms with Crippen molar-refractivity contribution in [3.05, 3.63) is 33.4 Å². The second kappa shape index (κ2) is 8.91. The lowest BCUT2D eigenvalue weighted by Crippen LogP contribution is -2.45. The summed E-state index contributed by atoms with van der Waals surface area (Å²) in [4.78, 5) is 38.0. The van der Waals surface area contributed by atoms with Crippen molar-refractivity contribution in [2.24, 2.45) is 29.1 Å². The first kappa shape index (κ1) is 26.2. The maximum absolute atomic E-state index is 14.0. The number of hydrogen-bond donors (Lipinski definition) is 0. The highest BCUT2D eigenvalue weighted by Crippen LogP contribution is 2.59. The van der Waals surface area contributed by atoms with Gasteiger partial charge in [0.2, 0.25) is 0 Å². The van der Waals surface area contributed by atoms with E-state index in [1.165, 1.54) is 0 Å². The van der Waals surface area contributed by atoms with E-state index in [4.69, 9.17) is 14.2 Å². The number of hydrogen-bond acceptors (Lipinski definition) is 9. The Labute approximate surface area is 213 Å². The van der Waals surface area contributed by atoms with Crippen LogP contribution in [0.15, 0.2) is 24.3 Å². The summed E-state index contributed by atoms with van der Waals surface area (Å²) in [5.74, 6) is -4.77. The molecule has 2 saturated carbocycles. The van der Waals surface area contributed by atoms with Crippen molar-refractivity contribution in [2.45, 2.75) is 44.2 Å². The molecule has 1 aromatic rings. The molecular weight excluding hydrogens is 605 g/mol. The average molecular weight is 627 g/mol. The first-order valence-corrected chi connectivity index (χ1v) is 13.3. The molecule has 2 bridgehead atoms. The van der Waals surface area contributed by atoms with Crippen LogP contribution in [0.3, 0.4) is 0 Å². The first-order chi connectivity index (χ1) is 16.2. The Morgan fingerprint density at radius 2 is 1.83 bits per heavy atom. The van der Waals surface area contributed by atoms with Gasteiger partial charge in [0.05, 0.1) is 24.0 Å². The van der Waals surface area contributed by atoms with E-state index in [0.717, 1.165) is 17.4 Å². The van der Waals surface area contributed by atoms with Gasteiger partial charge in [-0.05, 0) is 59.7 Å². The molecule has 192 valence electrons. The van der Waals surface area contributed by atoms with Crippen LogP contribution in [0.1, 0.15) is 37.0 Å². The van der Waals surface area contributed by atoms with Gasteiger partial charge in [0.15, 0.2) is 10.1 Å². The van der Waals surface area contributed by atoms with Crippen molar-refractivity contribution in [3.63, 3.8) is 0 Å². The Hall–Kier alpha value is -1.87. The molecule has 9 nitrogen and oxygen atoms in total. The van der Waals surface area contributed by atoms with E-state index in [1.807, 2.05) is 0 Å². The zero-order chi connectivity index (χ0) is 25.9. The molecule has 1 aromatic carbocycles. The Morgan fingerprint density at radius 3 is 2.43 bits per heavy atom. The fraction of sp³-hybridized carbons (Fsp3) is 0.591. The van der Waals surface area contributed by atoms with Crippen molar-refractivity contribution < 1.29 is 50.3 Å². The molecule has 4 rings (SSSR count). The zero-order valence-corrected chi connectivity index (χ0v) is 21.6. The van der Waals surface area contributed by atoms with Crippen LogP contribution < -0.4 is 0 Å². The van der Waals surface area contributed by atoms with Crippen LogP contribution in [-0.2, 0) is 33.9 Å². The largest absolute Gasteiger partial charge is 0.743 e. The number of halogens is 3. The third-order valence-electron chi connectivity index (χ3n) is 7.21. The second-order valence-electron chi connectivity index (χ2n) is 9.67. The zero-order valence-electron chi connectivity index (χ0n) is 18.6. The number of carbonyl (C=O) groups excluding carboxylic acids is 3. The van der Waals surface area contributed by atoms with Crippen LogP contribution in [0, 0.1) is 32.7 Å². The fourth-order valence-electron chi connectivity index (χ4n) is 5.23. The number of carbonyl (C=O) groups is 3. The highest BCUT2D eigenvalue weighted by Gasteiger charge is 2.70. The standard InChI is InChI=1S/C22H23F2IO9S/c1-21(2,22(23,24)35(29,30)31)7-8-32-19(27)14-12-9-13-15(14)20(28)34-17(13)16(12)33-18(26)10-3-5-11(25)6-4-10/h3-6,12-17H,7-9H2,1-2H3,(H,29,30,31)/p-1. The van der Waals surface area contributed by atoms with Gasteiger partial charge < -0.3 is 18.8 Å². The molecule has 0 amide bonds. The number of rotatable bonds is 8. The molecule has 6 unspecified atom stereocenters. The Bertz CT molecular complexity index is 1150. The summed E-state index contributed by atoms with van der Waals surface area (Å²) in [5.41, 5.74) is -2.00. The van der Waals surface area contributed by atoms with Crippen LogP contribution >= 0.6 is 22.6 Å². The Morgan fingerprint density at radius 1 is 1.20 bits per heavy atom. The summed E-state index contributed by atoms with van der Waals surface area (Å²) in [6, 6.07) is 6.64. The number of alkyl halides is 2. The van der Waals surface area contributed by atoms with Crippen LogP contribution in [-0.4, -0.2) is 54.9 Å². The summed E-state index contributed by atoms with van der Waals surface area (Å²) in [7, 11) is -5.93. The molecule has 1 heterocycles. The molecule has 1 saturated heterocycles. The van der Waals surface area contributed by atoms with Crippen molar-refractivity contribution in [3.8, 4) is 0 Å². The summed E-state index contributed by atoms with van der Waals surface area (Å²) in [5, 5.41) is -4.57. The van der Waals surface area contributed by atoms with Crippen LogP contribution in [0.2, 0.25) is 0 Å². The molecule has 6 atom stereocenters. The Kier molecular flexibility index (Phi) is 6.67. The normalized spacial score (nSPS) is 29.7. The predicted octanol–water partition coefficient (Wildman–Crippen LogP) is 2.72. The maximum Gasteiger partial charge on any atom is 0.339 e. The SMILES string of the molecule is CC(C)(CCOC(=O)C1C2CC3C(OC(=O)C31)C2OC(=O)c1ccc(I)cc1)C(F)(F)S(=O)(=O)[O-]. The minimum atomic E-state index is -5.93. The average Bonchev–Trinajstić information content (AvgIpc) is 3.37. The maximum atomic E-state index is 14.0. The van der Waals surface area contributed by atoms with Crippen molar-refractivity contribution in [2.75, 3.05) is 6.61 Å². The summed E-state index contributed by atoms with van der Waals surface area (Å²) in [6.45, 7) is 1.17. The molecular formula is C22H22F2IO9S-. The minimum absolute atomic E-state index is 0.296. The summed E-state index contributed by atoms with van der Waals surface area (Å²) in [6.07, 6.45) is -1.76. The molecule has 1 aliphatic heterocycles. The van der Waals surface area contributed by atoms with Gasteiger partial charge in [-0.25, -0.2) is 13.2 Å². The molecule has 35 heavy (non-hydrogen) atoms. The lowest BCUT2D eigenvalue weighted by molar-refractivity contribution is -0.158. The number of fused-ring (bicyclic) bond motifs is 1. The highest BCUT2D eigenvalue weighted by atomic mass is 127. The van der Waals surface area contributed by atoms with Gasteiger partial charge in [0, 0.05) is 20.8 Å². The molecule has 0 N–H and O–H groups in total. The second-order valence-corrected chi connectivity index (χ2v) is 12.3. The third-order valence-corrected chi connectivity index (χ3v) is 9.11. The third kappa shape index (κ3) is 4.43. The number of benzene rings is 1. The molecule has 0 radical (unpaired) electrons. The molecule has 0 aromatic heterocycles. The summed E-state index contributed by atoms with van der Waals surface area (Å²) < 4.78 is 78.0. The van der Waals surface area contributed by atoms with Gasteiger partial charge in [-0.2, -0.15) is 8.78 Å². The molecule has 3 fully saturated rings. The smallest absolute Gasteiger partial charge is 0.339 e. The van der Waals surface area contributed by atoms with Gasteiger partial charge in [0.25, 0.3) is 0 Å². The first-order valence-electron chi connectivity index (χ1n) is 10.8. The minimum Gasteiger partial charge on any atom is -0.743 e. The van der Waals surface area contributed by atoms with E-state index < -0.39 is 81.7 Å². The molecule has 13 heteroatoms. The van der Waals surface area contributed by atoms with E-state index in [-0.39, 0.29) is 5.92 Å². The van der Waals surface area contributed by atoms with Gasteiger partial charge >= 0.3 is 23.2 Å². The van der Waals surface area contributed by atoms with Gasteiger partial charge in [0.1, 0.15) is 12.2 Å². The summed E-state index contributed by atoms with van der Waals surface area (Å²) >= 11 is 2.09. The van der Waals surface area contributed by atoms with E-state index in [9.17, 15) is 36.1 Å². The van der Waals surface area contributed by atoms with Gasteiger partial charge in [-0.3, -0.25) is 9.59 Å². The van der Waals surface area contributed by atoms with E-state index in [1.54, 1.807) is 24.3 Å². The van der Waals surface area contributed by atoms with Crippen molar-refractivity contribution >= 4 is 50.6 Å². The fourth-order valence-corrected chi connectivity index (χ4v) is 6.37. The lowest BCUT2D eigenvalue weighted by atomic mass is 9.78. The van der Waals surface area contributed by atoms with Gasteiger partial charge in [-0.15, -0.1) is 0 Å². The van der Waals surface area contributed by atoms with Crippen molar-refractivity contribution in [1.82, 2.24) is 0 Å². The number of esters is 3. The highest BCUT2D eigenvalue weighted by molar-refractivity contribution is 14.1. The van der Waals surface area contributed by atoms with E-state index >= 15 is 0 Å². The van der Waals surface area contributed by atoms with E-state index in [2.05, 4.69) is 22.6 Å². The lowest BCUT2D eigenvalue weighted by Gasteiger charge is -2.35. The molecule has 2 aliphatic carbocycles. The number of ether oxygens (including phenoxy) is 3. The predicted molar refractivity (Wildman–Crippen MR) is 121 cm³/mol. The Balaban J connectivity index is 1.44. The molecule has 0 spiro atoms. The van der Waals surface area contributed by atoms with Crippen LogP contribution in [0.5, 0.6) is 0 Å². The quantitative estimate of drug-likeness (QED) is 0.185. The van der Waals surface area contributed by atoms with Crippen molar-refractivity contribution in [1.29, 1.82) is 0 Å².